The highest BCUT2D eigenvalue weighted by molar-refractivity contribution is 6.36. The van der Waals surface area contributed by atoms with Gasteiger partial charge in [0.1, 0.15) is 0 Å². The lowest BCUT2D eigenvalue weighted by atomic mass is 9.85. The van der Waals surface area contributed by atoms with Gasteiger partial charge in [0.25, 0.3) is 5.56 Å². The summed E-state index contributed by atoms with van der Waals surface area (Å²) in [5.74, 6) is 1.22. The quantitative estimate of drug-likeness (QED) is 0.419. The first-order valence-corrected chi connectivity index (χ1v) is 12.8. The lowest BCUT2D eigenvalue weighted by Gasteiger charge is -2.45. The van der Waals surface area contributed by atoms with E-state index in [1.165, 1.54) is 19.3 Å². The van der Waals surface area contributed by atoms with Crippen LogP contribution in [0, 0.1) is 12.8 Å². The van der Waals surface area contributed by atoms with E-state index in [4.69, 9.17) is 28.2 Å². The summed E-state index contributed by atoms with van der Waals surface area (Å²) in [6, 6.07) is 16.0. The van der Waals surface area contributed by atoms with Crippen LogP contribution in [0.2, 0.25) is 10.0 Å². The van der Waals surface area contributed by atoms with Crippen molar-refractivity contribution in [2.75, 3.05) is 11.6 Å². The molecular formula is C27H30Cl2N4O. The van der Waals surface area contributed by atoms with E-state index in [0.29, 0.717) is 47.7 Å². The third-order valence-corrected chi connectivity index (χ3v) is 7.83. The van der Waals surface area contributed by atoms with Gasteiger partial charge in [-0.3, -0.25) is 19.2 Å². The van der Waals surface area contributed by atoms with Crippen LogP contribution >= 0.6 is 23.2 Å². The molecule has 1 fully saturated rings. The number of rotatable bonds is 4. The van der Waals surface area contributed by atoms with Crippen LogP contribution in [0.4, 0.5) is 11.6 Å². The van der Waals surface area contributed by atoms with Crippen molar-refractivity contribution in [3.63, 3.8) is 0 Å². The average molecular weight is 497 g/mol. The van der Waals surface area contributed by atoms with E-state index in [0.717, 1.165) is 28.9 Å². The predicted molar refractivity (Wildman–Crippen MR) is 139 cm³/mol. The normalized spacial score (nSPS) is 20.9. The first kappa shape index (κ1) is 23.4. The number of benzene rings is 2. The first-order chi connectivity index (χ1) is 16.4. The number of hydrogen-bond acceptors (Lipinski definition) is 4. The van der Waals surface area contributed by atoms with Crippen molar-refractivity contribution < 1.29 is 0 Å². The summed E-state index contributed by atoms with van der Waals surface area (Å²) in [4.78, 5) is 23.3. The number of fused-ring (bicyclic) bond motifs is 1. The molecule has 2 unspecified atom stereocenters. The standard InChI is InChI=1S/C27H30Cl2N4O/c1-18-8-6-7-11-24(18)31-16-32(25-13-12-21(28)15-23(25)29)27-30-19(2)22(26(34)33(27)17-31)14-20-9-4-3-5-10-20/h3-5,9-10,12-13,15,18,24H,6-8,11,14,16-17H2,1-2H3. The van der Waals surface area contributed by atoms with Gasteiger partial charge in [0.2, 0.25) is 5.95 Å². The molecule has 2 heterocycles. The summed E-state index contributed by atoms with van der Waals surface area (Å²) in [6.45, 7) is 5.44. The van der Waals surface area contributed by atoms with Crippen molar-refractivity contribution in [2.45, 2.75) is 58.7 Å². The maximum atomic E-state index is 13.9. The Hall–Kier alpha value is -2.34. The topological polar surface area (TPSA) is 41.4 Å². The molecule has 1 saturated carbocycles. The minimum absolute atomic E-state index is 0.0228. The second kappa shape index (κ2) is 9.73. The van der Waals surface area contributed by atoms with E-state index >= 15 is 0 Å². The van der Waals surface area contributed by atoms with Gasteiger partial charge in [-0.25, -0.2) is 4.98 Å². The molecule has 34 heavy (non-hydrogen) atoms. The molecule has 3 aromatic rings. The third kappa shape index (κ3) is 4.49. The van der Waals surface area contributed by atoms with E-state index in [9.17, 15) is 4.79 Å². The number of nitrogens with zero attached hydrogens (tertiary/aromatic N) is 4. The lowest BCUT2D eigenvalue weighted by molar-refractivity contribution is 0.0723. The molecule has 2 aromatic carbocycles. The highest BCUT2D eigenvalue weighted by Gasteiger charge is 2.35. The zero-order chi connectivity index (χ0) is 23.8. The number of hydrogen-bond donors (Lipinski definition) is 0. The fourth-order valence-corrected chi connectivity index (χ4v) is 5.94. The van der Waals surface area contributed by atoms with Gasteiger partial charge in [-0.05, 0) is 49.4 Å². The van der Waals surface area contributed by atoms with Crippen molar-refractivity contribution in [1.29, 1.82) is 0 Å². The molecule has 1 aliphatic heterocycles. The van der Waals surface area contributed by atoms with Crippen molar-refractivity contribution in [2.24, 2.45) is 5.92 Å². The van der Waals surface area contributed by atoms with E-state index in [1.807, 2.05) is 41.8 Å². The summed E-state index contributed by atoms with van der Waals surface area (Å²) < 4.78 is 1.83. The number of aromatic nitrogens is 2. The maximum Gasteiger partial charge on any atom is 0.259 e. The van der Waals surface area contributed by atoms with Crippen LogP contribution in [0.1, 0.15) is 49.4 Å². The van der Waals surface area contributed by atoms with Crippen LogP contribution in [0.25, 0.3) is 0 Å². The van der Waals surface area contributed by atoms with E-state index in [1.54, 1.807) is 6.07 Å². The van der Waals surface area contributed by atoms with Crippen molar-refractivity contribution >= 4 is 34.8 Å². The van der Waals surface area contributed by atoms with Gasteiger partial charge in [-0.15, -0.1) is 0 Å². The number of halogens is 2. The van der Waals surface area contributed by atoms with Gasteiger partial charge >= 0.3 is 0 Å². The van der Waals surface area contributed by atoms with Crippen molar-refractivity contribution in [1.82, 2.24) is 14.5 Å². The second-order valence-electron chi connectivity index (χ2n) is 9.60. The Labute approximate surface area is 210 Å². The molecule has 0 spiro atoms. The minimum atomic E-state index is 0.0228. The lowest BCUT2D eigenvalue weighted by Crippen LogP contribution is -2.53. The Morgan fingerprint density at radius 3 is 2.53 bits per heavy atom. The third-order valence-electron chi connectivity index (χ3n) is 7.30. The highest BCUT2D eigenvalue weighted by Crippen LogP contribution is 2.37. The summed E-state index contributed by atoms with van der Waals surface area (Å²) >= 11 is 12.8. The molecule has 5 nitrogen and oxygen atoms in total. The van der Waals surface area contributed by atoms with Crippen molar-refractivity contribution in [3.8, 4) is 0 Å². The van der Waals surface area contributed by atoms with Crippen LogP contribution in [0.5, 0.6) is 0 Å². The smallest absolute Gasteiger partial charge is 0.259 e. The van der Waals surface area contributed by atoms with Gasteiger partial charge < -0.3 is 0 Å². The average Bonchev–Trinajstić information content (AvgIpc) is 2.83. The minimum Gasteiger partial charge on any atom is -0.297 e. The largest absolute Gasteiger partial charge is 0.297 e. The molecule has 1 aromatic heterocycles. The monoisotopic (exact) mass is 496 g/mol. The van der Waals surface area contributed by atoms with Gasteiger partial charge in [0.05, 0.1) is 29.7 Å². The molecule has 0 amide bonds. The first-order valence-electron chi connectivity index (χ1n) is 12.0. The molecule has 1 aliphatic carbocycles. The molecule has 0 radical (unpaired) electrons. The van der Waals surface area contributed by atoms with Crippen molar-refractivity contribution in [3.05, 3.63) is 85.8 Å². The Kier molecular flexibility index (Phi) is 6.70. The zero-order valence-electron chi connectivity index (χ0n) is 19.7. The van der Waals surface area contributed by atoms with Crippen LogP contribution < -0.4 is 10.5 Å². The SMILES string of the molecule is Cc1nc2n(c(=O)c1Cc1ccccc1)CN(C1CCCCC1C)CN2c1ccc(Cl)cc1Cl. The Bertz CT molecular complexity index is 1240. The van der Waals surface area contributed by atoms with Gasteiger partial charge in [0, 0.05) is 23.0 Å². The number of aryl methyl sites for hydroxylation is 1. The van der Waals surface area contributed by atoms with E-state index < -0.39 is 0 Å². The summed E-state index contributed by atoms with van der Waals surface area (Å²) in [5, 5.41) is 1.14. The highest BCUT2D eigenvalue weighted by atomic mass is 35.5. The maximum absolute atomic E-state index is 13.9. The molecule has 2 aliphatic rings. The zero-order valence-corrected chi connectivity index (χ0v) is 21.2. The molecule has 0 bridgehead atoms. The fourth-order valence-electron chi connectivity index (χ4n) is 5.43. The van der Waals surface area contributed by atoms with Gasteiger partial charge in [-0.1, -0.05) is 73.3 Å². The van der Waals surface area contributed by atoms with E-state index in [-0.39, 0.29) is 5.56 Å². The molecule has 7 heteroatoms. The van der Waals surface area contributed by atoms with Gasteiger partial charge in [-0.2, -0.15) is 0 Å². The van der Waals surface area contributed by atoms with Crippen LogP contribution in [0.3, 0.4) is 0 Å². The van der Waals surface area contributed by atoms with Crippen LogP contribution in [0.15, 0.2) is 53.3 Å². The predicted octanol–water partition coefficient (Wildman–Crippen LogP) is 6.40. The second-order valence-corrected chi connectivity index (χ2v) is 10.4. The molecule has 0 N–H and O–H groups in total. The number of anilines is 2. The fraction of sp³-hybridized carbons (Fsp3) is 0.407. The summed E-state index contributed by atoms with van der Waals surface area (Å²) in [7, 11) is 0. The van der Waals surface area contributed by atoms with E-state index in [2.05, 4.69) is 28.9 Å². The molecule has 178 valence electrons. The Morgan fingerprint density at radius 1 is 1.03 bits per heavy atom. The summed E-state index contributed by atoms with van der Waals surface area (Å²) in [5.41, 5.74) is 3.45. The molecule has 2 atom stereocenters. The Balaban J connectivity index is 1.62. The van der Waals surface area contributed by atoms with Crippen LogP contribution in [-0.2, 0) is 13.1 Å². The molecule has 5 rings (SSSR count). The molecule has 0 saturated heterocycles. The molecular weight excluding hydrogens is 467 g/mol. The van der Waals surface area contributed by atoms with Crippen LogP contribution in [-0.4, -0.2) is 27.2 Å². The van der Waals surface area contributed by atoms with Gasteiger partial charge in [0.15, 0.2) is 0 Å². The Morgan fingerprint density at radius 2 is 1.79 bits per heavy atom. The summed E-state index contributed by atoms with van der Waals surface area (Å²) in [6.07, 6.45) is 5.43.